The summed E-state index contributed by atoms with van der Waals surface area (Å²) in [5.74, 6) is 0. The summed E-state index contributed by atoms with van der Waals surface area (Å²) in [6.45, 7) is 0. The SMILES string of the molecule is N#Cc1ncccc1-c1ccccc1-n1c2ccccc2c2c3c(ccc21)oc1ccccc13. The van der Waals surface area contributed by atoms with Gasteiger partial charge in [-0.15, -0.1) is 0 Å². The van der Waals surface area contributed by atoms with Gasteiger partial charge in [0.15, 0.2) is 0 Å². The number of rotatable bonds is 2. The molecule has 0 saturated heterocycles. The van der Waals surface area contributed by atoms with Crippen LogP contribution in [0, 0.1) is 11.3 Å². The third kappa shape index (κ3) is 2.49. The van der Waals surface area contributed by atoms with Crippen molar-refractivity contribution in [1.29, 1.82) is 5.26 Å². The van der Waals surface area contributed by atoms with E-state index in [2.05, 4.69) is 76.3 Å². The first-order chi connectivity index (χ1) is 16.8. The van der Waals surface area contributed by atoms with E-state index >= 15 is 0 Å². The van der Waals surface area contributed by atoms with Crippen LogP contribution in [0.25, 0.3) is 60.6 Å². The minimum Gasteiger partial charge on any atom is -0.456 e. The van der Waals surface area contributed by atoms with Crippen LogP contribution in [0.2, 0.25) is 0 Å². The Labute approximate surface area is 194 Å². The van der Waals surface area contributed by atoms with Crippen molar-refractivity contribution in [1.82, 2.24) is 9.55 Å². The van der Waals surface area contributed by atoms with Crippen molar-refractivity contribution in [2.45, 2.75) is 0 Å². The standard InChI is InChI=1S/C30H17N3O/c31-18-23-19(11-7-17-32-23)20-8-1-4-12-24(20)33-25-13-5-2-9-21(25)29-26(33)15-16-28-30(29)22-10-3-6-14-27(22)34-28/h1-17H. The number of benzene rings is 4. The van der Waals surface area contributed by atoms with Gasteiger partial charge in [-0.3, -0.25) is 0 Å². The first-order valence-corrected chi connectivity index (χ1v) is 11.1. The van der Waals surface area contributed by atoms with Crippen LogP contribution in [-0.4, -0.2) is 9.55 Å². The average molecular weight is 435 g/mol. The quantitative estimate of drug-likeness (QED) is 0.281. The van der Waals surface area contributed by atoms with Crippen molar-refractivity contribution < 1.29 is 4.42 Å². The number of fused-ring (bicyclic) bond motifs is 7. The first-order valence-electron chi connectivity index (χ1n) is 11.1. The van der Waals surface area contributed by atoms with Crippen molar-refractivity contribution >= 4 is 43.7 Å². The highest BCUT2D eigenvalue weighted by Crippen LogP contribution is 2.42. The zero-order valence-electron chi connectivity index (χ0n) is 18.1. The number of nitriles is 1. The molecule has 0 amide bonds. The van der Waals surface area contributed by atoms with Crippen LogP contribution in [0.4, 0.5) is 0 Å². The fraction of sp³-hybridized carbons (Fsp3) is 0. The van der Waals surface area contributed by atoms with Gasteiger partial charge in [0, 0.05) is 38.9 Å². The number of nitrogens with zero attached hydrogens (tertiary/aromatic N) is 3. The van der Waals surface area contributed by atoms with Gasteiger partial charge in [0.1, 0.15) is 22.9 Å². The number of para-hydroxylation sites is 3. The number of pyridine rings is 1. The normalized spacial score (nSPS) is 11.5. The Balaban J connectivity index is 1.67. The van der Waals surface area contributed by atoms with Gasteiger partial charge in [-0.2, -0.15) is 5.26 Å². The molecule has 4 heteroatoms. The highest BCUT2D eigenvalue weighted by atomic mass is 16.3. The minimum absolute atomic E-state index is 0.416. The molecule has 0 N–H and O–H groups in total. The Hall–Kier alpha value is -4.88. The van der Waals surface area contributed by atoms with E-state index in [1.165, 1.54) is 5.39 Å². The summed E-state index contributed by atoms with van der Waals surface area (Å²) < 4.78 is 8.48. The smallest absolute Gasteiger partial charge is 0.148 e. The molecule has 158 valence electrons. The molecule has 7 rings (SSSR count). The average Bonchev–Trinajstić information content (AvgIpc) is 3.44. The summed E-state index contributed by atoms with van der Waals surface area (Å²) >= 11 is 0. The second-order valence-corrected chi connectivity index (χ2v) is 8.31. The van der Waals surface area contributed by atoms with Gasteiger partial charge in [0.25, 0.3) is 0 Å². The van der Waals surface area contributed by atoms with Crippen molar-refractivity contribution in [3.05, 3.63) is 109 Å². The topological polar surface area (TPSA) is 54.8 Å². The van der Waals surface area contributed by atoms with Gasteiger partial charge >= 0.3 is 0 Å². The van der Waals surface area contributed by atoms with E-state index in [1.807, 2.05) is 36.4 Å². The Morgan fingerprint density at radius 2 is 1.41 bits per heavy atom. The third-order valence-electron chi connectivity index (χ3n) is 6.53. The molecule has 0 saturated carbocycles. The molecule has 0 aliphatic carbocycles. The van der Waals surface area contributed by atoms with Crippen molar-refractivity contribution in [3.63, 3.8) is 0 Å². The van der Waals surface area contributed by atoms with Gasteiger partial charge < -0.3 is 8.98 Å². The molecule has 0 unspecified atom stereocenters. The Morgan fingerprint density at radius 3 is 2.32 bits per heavy atom. The highest BCUT2D eigenvalue weighted by molar-refractivity contribution is 6.27. The predicted molar refractivity (Wildman–Crippen MR) is 136 cm³/mol. The molecular weight excluding hydrogens is 418 g/mol. The molecule has 0 bridgehead atoms. The zero-order valence-corrected chi connectivity index (χ0v) is 18.1. The minimum atomic E-state index is 0.416. The van der Waals surface area contributed by atoms with Gasteiger partial charge in [-0.1, -0.05) is 54.6 Å². The lowest BCUT2D eigenvalue weighted by Gasteiger charge is -2.14. The maximum atomic E-state index is 9.71. The van der Waals surface area contributed by atoms with Crippen molar-refractivity contribution in [2.24, 2.45) is 0 Å². The molecule has 3 heterocycles. The first kappa shape index (κ1) is 18.7. The van der Waals surface area contributed by atoms with Gasteiger partial charge in [0.05, 0.1) is 16.7 Å². The van der Waals surface area contributed by atoms with E-state index < -0.39 is 0 Å². The van der Waals surface area contributed by atoms with Crippen LogP contribution in [0.15, 0.2) is 108 Å². The molecule has 0 spiro atoms. The second kappa shape index (κ2) is 7.06. The summed E-state index contributed by atoms with van der Waals surface area (Å²) in [6.07, 6.45) is 1.66. The molecule has 0 aliphatic rings. The molecular formula is C30H17N3O. The molecule has 0 radical (unpaired) electrons. The van der Waals surface area contributed by atoms with E-state index in [1.54, 1.807) is 6.20 Å². The molecule has 0 aliphatic heterocycles. The molecule has 4 aromatic carbocycles. The number of hydrogen-bond donors (Lipinski definition) is 0. The summed E-state index contributed by atoms with van der Waals surface area (Å²) in [7, 11) is 0. The molecule has 0 fully saturated rings. The fourth-order valence-electron chi connectivity index (χ4n) is 5.14. The largest absolute Gasteiger partial charge is 0.456 e. The Bertz CT molecular complexity index is 1930. The van der Waals surface area contributed by atoms with Crippen LogP contribution in [0.1, 0.15) is 5.69 Å². The summed E-state index contributed by atoms with van der Waals surface area (Å²) in [6, 6.07) is 35.1. The van der Waals surface area contributed by atoms with Gasteiger partial charge in [0.2, 0.25) is 0 Å². The Morgan fingerprint density at radius 1 is 0.647 bits per heavy atom. The third-order valence-corrected chi connectivity index (χ3v) is 6.53. The van der Waals surface area contributed by atoms with Gasteiger partial charge in [-0.05, 0) is 42.5 Å². The summed E-state index contributed by atoms with van der Waals surface area (Å²) in [4.78, 5) is 4.31. The van der Waals surface area contributed by atoms with E-state index in [9.17, 15) is 5.26 Å². The number of hydrogen-bond acceptors (Lipinski definition) is 3. The summed E-state index contributed by atoms with van der Waals surface area (Å²) in [5.41, 5.74) is 7.16. The van der Waals surface area contributed by atoms with Gasteiger partial charge in [-0.25, -0.2) is 4.98 Å². The van der Waals surface area contributed by atoms with Crippen molar-refractivity contribution in [2.75, 3.05) is 0 Å². The van der Waals surface area contributed by atoms with Crippen LogP contribution in [-0.2, 0) is 0 Å². The maximum absolute atomic E-state index is 9.71. The summed E-state index contributed by atoms with van der Waals surface area (Å²) in [5, 5.41) is 14.3. The molecule has 3 aromatic heterocycles. The fourth-order valence-corrected chi connectivity index (χ4v) is 5.14. The molecule has 7 aromatic rings. The highest BCUT2D eigenvalue weighted by Gasteiger charge is 2.20. The van der Waals surface area contributed by atoms with Crippen LogP contribution >= 0.6 is 0 Å². The van der Waals surface area contributed by atoms with E-state index in [4.69, 9.17) is 4.42 Å². The molecule has 4 nitrogen and oxygen atoms in total. The lowest BCUT2D eigenvalue weighted by Crippen LogP contribution is -1.98. The predicted octanol–water partition coefficient (Wildman–Crippen LogP) is 7.62. The van der Waals surface area contributed by atoms with E-state index in [0.29, 0.717) is 5.69 Å². The number of aromatic nitrogens is 2. The van der Waals surface area contributed by atoms with Crippen LogP contribution < -0.4 is 0 Å². The van der Waals surface area contributed by atoms with E-state index in [-0.39, 0.29) is 0 Å². The second-order valence-electron chi connectivity index (χ2n) is 8.31. The van der Waals surface area contributed by atoms with Crippen molar-refractivity contribution in [3.8, 4) is 22.9 Å². The lowest BCUT2D eigenvalue weighted by molar-refractivity contribution is 0.669. The van der Waals surface area contributed by atoms with Crippen LogP contribution in [0.3, 0.4) is 0 Å². The maximum Gasteiger partial charge on any atom is 0.148 e. The molecule has 0 atom stereocenters. The van der Waals surface area contributed by atoms with E-state index in [0.717, 1.165) is 55.2 Å². The van der Waals surface area contributed by atoms with Crippen LogP contribution in [0.5, 0.6) is 0 Å². The molecule has 34 heavy (non-hydrogen) atoms. The zero-order chi connectivity index (χ0) is 22.6. The lowest BCUT2D eigenvalue weighted by atomic mass is 10.0. The number of furan rings is 1. The Kier molecular flexibility index (Phi) is 3.88. The monoisotopic (exact) mass is 435 g/mol.